The standard InChI is InChI=1S/C15H19FO3/c1-4-5-12(15(17)18)9-14(19-3)11-6-7-13(16)10(2)8-11/h4,6-8,12,14H,1,5,9H2,2-3H3,(H,17,18). The molecule has 0 heterocycles. The summed E-state index contributed by atoms with van der Waals surface area (Å²) in [5.74, 6) is -1.70. The lowest BCUT2D eigenvalue weighted by Crippen LogP contribution is -2.17. The van der Waals surface area contributed by atoms with Gasteiger partial charge in [0.25, 0.3) is 0 Å². The van der Waals surface area contributed by atoms with E-state index in [0.29, 0.717) is 18.4 Å². The highest BCUT2D eigenvalue weighted by molar-refractivity contribution is 5.70. The van der Waals surface area contributed by atoms with Crippen LogP contribution in [0.3, 0.4) is 0 Å². The van der Waals surface area contributed by atoms with Crippen molar-refractivity contribution < 1.29 is 19.0 Å². The number of ether oxygens (including phenoxy) is 1. The molecule has 0 radical (unpaired) electrons. The van der Waals surface area contributed by atoms with Gasteiger partial charge in [0, 0.05) is 7.11 Å². The van der Waals surface area contributed by atoms with E-state index in [2.05, 4.69) is 6.58 Å². The molecule has 1 aromatic rings. The highest BCUT2D eigenvalue weighted by Crippen LogP contribution is 2.27. The fourth-order valence-corrected chi connectivity index (χ4v) is 1.99. The number of rotatable bonds is 7. The molecule has 0 spiro atoms. The summed E-state index contributed by atoms with van der Waals surface area (Å²) in [7, 11) is 1.52. The van der Waals surface area contributed by atoms with E-state index < -0.39 is 11.9 Å². The molecule has 0 aliphatic carbocycles. The van der Waals surface area contributed by atoms with Crippen LogP contribution in [0.25, 0.3) is 0 Å². The van der Waals surface area contributed by atoms with Crippen molar-refractivity contribution in [3.63, 3.8) is 0 Å². The maximum Gasteiger partial charge on any atom is 0.306 e. The van der Waals surface area contributed by atoms with Gasteiger partial charge in [0.1, 0.15) is 5.82 Å². The predicted molar refractivity (Wildman–Crippen MR) is 71.4 cm³/mol. The van der Waals surface area contributed by atoms with Gasteiger partial charge in [0.2, 0.25) is 0 Å². The normalized spacial score (nSPS) is 13.8. The zero-order valence-corrected chi connectivity index (χ0v) is 11.2. The maximum atomic E-state index is 13.2. The highest BCUT2D eigenvalue weighted by atomic mass is 19.1. The van der Waals surface area contributed by atoms with Gasteiger partial charge in [-0.15, -0.1) is 6.58 Å². The second kappa shape index (κ2) is 7.04. The minimum Gasteiger partial charge on any atom is -0.481 e. The third-order valence-electron chi connectivity index (χ3n) is 3.14. The molecule has 2 unspecified atom stereocenters. The first-order valence-corrected chi connectivity index (χ1v) is 6.12. The summed E-state index contributed by atoms with van der Waals surface area (Å²) in [6.45, 7) is 5.23. The summed E-state index contributed by atoms with van der Waals surface area (Å²) in [6.07, 6.45) is 1.94. The number of carboxylic acid groups (broad SMARTS) is 1. The van der Waals surface area contributed by atoms with Gasteiger partial charge in [-0.05, 0) is 37.0 Å². The summed E-state index contributed by atoms with van der Waals surface area (Å²) >= 11 is 0. The van der Waals surface area contributed by atoms with Crippen molar-refractivity contribution >= 4 is 5.97 Å². The van der Waals surface area contributed by atoms with Crippen molar-refractivity contribution in [3.05, 3.63) is 47.8 Å². The lowest BCUT2D eigenvalue weighted by atomic mass is 9.93. The zero-order chi connectivity index (χ0) is 14.4. The molecule has 19 heavy (non-hydrogen) atoms. The molecule has 0 saturated carbocycles. The van der Waals surface area contributed by atoms with E-state index in [4.69, 9.17) is 9.84 Å². The predicted octanol–water partition coefficient (Wildman–Crippen LogP) is 3.49. The molecular weight excluding hydrogens is 247 g/mol. The Hall–Kier alpha value is -1.68. The van der Waals surface area contributed by atoms with Gasteiger partial charge in [0.05, 0.1) is 12.0 Å². The highest BCUT2D eigenvalue weighted by Gasteiger charge is 2.22. The van der Waals surface area contributed by atoms with Crippen LogP contribution in [0.15, 0.2) is 30.9 Å². The number of carbonyl (C=O) groups is 1. The Kier molecular flexibility index (Phi) is 5.70. The SMILES string of the molecule is C=CCC(CC(OC)c1ccc(F)c(C)c1)C(=O)O. The van der Waals surface area contributed by atoms with E-state index in [1.54, 1.807) is 25.1 Å². The molecule has 0 aliphatic rings. The molecule has 104 valence electrons. The van der Waals surface area contributed by atoms with Crippen molar-refractivity contribution in [2.24, 2.45) is 5.92 Å². The molecule has 0 saturated heterocycles. The van der Waals surface area contributed by atoms with Crippen LogP contribution in [0.5, 0.6) is 0 Å². The molecule has 0 bridgehead atoms. The van der Waals surface area contributed by atoms with Gasteiger partial charge >= 0.3 is 5.97 Å². The van der Waals surface area contributed by atoms with E-state index in [0.717, 1.165) is 5.56 Å². The monoisotopic (exact) mass is 266 g/mol. The van der Waals surface area contributed by atoms with Crippen molar-refractivity contribution in [2.75, 3.05) is 7.11 Å². The number of aryl methyl sites for hydroxylation is 1. The van der Waals surface area contributed by atoms with E-state index in [9.17, 15) is 9.18 Å². The van der Waals surface area contributed by atoms with Crippen molar-refractivity contribution in [2.45, 2.75) is 25.9 Å². The fraction of sp³-hybridized carbons (Fsp3) is 0.400. The first-order chi connectivity index (χ1) is 8.99. The molecule has 0 aliphatic heterocycles. The molecule has 1 N–H and O–H groups in total. The van der Waals surface area contributed by atoms with Crippen molar-refractivity contribution in [1.82, 2.24) is 0 Å². The summed E-state index contributed by atoms with van der Waals surface area (Å²) < 4.78 is 18.6. The van der Waals surface area contributed by atoms with Gasteiger partial charge in [0.15, 0.2) is 0 Å². The van der Waals surface area contributed by atoms with E-state index >= 15 is 0 Å². The summed E-state index contributed by atoms with van der Waals surface area (Å²) in [5, 5.41) is 9.13. The van der Waals surface area contributed by atoms with Crippen molar-refractivity contribution in [3.8, 4) is 0 Å². The Morgan fingerprint density at radius 2 is 2.26 bits per heavy atom. The minimum atomic E-state index is -0.874. The number of hydrogen-bond acceptors (Lipinski definition) is 2. The Labute approximate surface area is 112 Å². The first kappa shape index (κ1) is 15.4. The topological polar surface area (TPSA) is 46.5 Å². The Balaban J connectivity index is 2.89. The molecule has 0 aromatic heterocycles. The quantitative estimate of drug-likeness (QED) is 0.768. The average Bonchev–Trinajstić information content (AvgIpc) is 2.37. The average molecular weight is 266 g/mol. The number of methoxy groups -OCH3 is 1. The first-order valence-electron chi connectivity index (χ1n) is 6.12. The van der Waals surface area contributed by atoms with Crippen LogP contribution in [-0.4, -0.2) is 18.2 Å². The lowest BCUT2D eigenvalue weighted by Gasteiger charge is -2.20. The second-order valence-corrected chi connectivity index (χ2v) is 4.53. The molecule has 3 nitrogen and oxygen atoms in total. The number of benzene rings is 1. The van der Waals surface area contributed by atoms with E-state index in [1.807, 2.05) is 0 Å². The molecule has 1 aromatic carbocycles. The van der Waals surface area contributed by atoms with Crippen LogP contribution in [0, 0.1) is 18.7 Å². The lowest BCUT2D eigenvalue weighted by molar-refractivity contribution is -0.143. The van der Waals surface area contributed by atoms with Gasteiger partial charge < -0.3 is 9.84 Å². The molecular formula is C15H19FO3. The van der Waals surface area contributed by atoms with Gasteiger partial charge in [-0.1, -0.05) is 18.2 Å². The third kappa shape index (κ3) is 4.17. The summed E-state index contributed by atoms with van der Waals surface area (Å²) in [6, 6.07) is 4.69. The smallest absolute Gasteiger partial charge is 0.306 e. The maximum absolute atomic E-state index is 13.2. The Bertz CT molecular complexity index is 457. The van der Waals surface area contributed by atoms with Crippen molar-refractivity contribution in [1.29, 1.82) is 0 Å². The van der Waals surface area contributed by atoms with Crippen LogP contribution in [0.4, 0.5) is 4.39 Å². The largest absolute Gasteiger partial charge is 0.481 e. The number of hydrogen-bond donors (Lipinski definition) is 1. The van der Waals surface area contributed by atoms with Crippen LogP contribution in [-0.2, 0) is 9.53 Å². The number of halogens is 1. The van der Waals surface area contributed by atoms with Gasteiger partial charge in [-0.25, -0.2) is 4.39 Å². The van der Waals surface area contributed by atoms with E-state index in [-0.39, 0.29) is 11.9 Å². The fourth-order valence-electron chi connectivity index (χ4n) is 1.99. The summed E-state index contributed by atoms with van der Waals surface area (Å²) in [5.41, 5.74) is 1.31. The van der Waals surface area contributed by atoms with Gasteiger partial charge in [-0.3, -0.25) is 4.79 Å². The van der Waals surface area contributed by atoms with E-state index in [1.165, 1.54) is 13.2 Å². The van der Waals surface area contributed by atoms with Crippen LogP contribution >= 0.6 is 0 Å². The summed E-state index contributed by atoms with van der Waals surface area (Å²) in [4.78, 5) is 11.1. The van der Waals surface area contributed by atoms with Crippen LogP contribution in [0.2, 0.25) is 0 Å². The Morgan fingerprint density at radius 1 is 1.58 bits per heavy atom. The molecule has 0 fully saturated rings. The van der Waals surface area contributed by atoms with Crippen LogP contribution in [0.1, 0.15) is 30.1 Å². The zero-order valence-electron chi connectivity index (χ0n) is 11.2. The second-order valence-electron chi connectivity index (χ2n) is 4.53. The third-order valence-corrected chi connectivity index (χ3v) is 3.14. The number of carboxylic acids is 1. The molecule has 2 atom stereocenters. The minimum absolute atomic E-state index is 0.278. The molecule has 4 heteroatoms. The number of allylic oxidation sites excluding steroid dienone is 1. The molecule has 1 rings (SSSR count). The van der Waals surface area contributed by atoms with Crippen LogP contribution < -0.4 is 0 Å². The number of aliphatic carboxylic acids is 1. The molecule has 0 amide bonds. The Morgan fingerprint density at radius 3 is 2.74 bits per heavy atom. The van der Waals surface area contributed by atoms with Gasteiger partial charge in [-0.2, -0.15) is 0 Å².